The summed E-state index contributed by atoms with van der Waals surface area (Å²) >= 11 is 1.66. The molecule has 3 N–H and O–H groups in total. The van der Waals surface area contributed by atoms with Crippen LogP contribution in [-0.4, -0.2) is 35.8 Å². The van der Waals surface area contributed by atoms with Crippen molar-refractivity contribution in [2.24, 2.45) is 0 Å². The third-order valence-electron chi connectivity index (χ3n) is 3.41. The van der Waals surface area contributed by atoms with Gasteiger partial charge in [-0.3, -0.25) is 0 Å². The zero-order valence-electron chi connectivity index (χ0n) is 13.1. The molecule has 0 aliphatic heterocycles. The largest absolute Gasteiger partial charge is 0.396 e. The van der Waals surface area contributed by atoms with Crippen LogP contribution in [-0.2, 0) is 12.8 Å². The highest BCUT2D eigenvalue weighted by atomic mass is 32.2. The Bertz CT molecular complexity index is 446. The summed E-state index contributed by atoms with van der Waals surface area (Å²) in [4.78, 5) is 12.0. The van der Waals surface area contributed by atoms with E-state index in [9.17, 15) is 4.79 Å². The molecule has 0 bridgehead atoms. The molecule has 0 aliphatic rings. The Balaban J connectivity index is 2.65. The Hall–Kier alpha value is -1.20. The number of benzene rings is 1. The number of hydrogen-bond donors (Lipinski definition) is 3. The lowest BCUT2D eigenvalue weighted by atomic mass is 10.0. The van der Waals surface area contributed by atoms with Gasteiger partial charge >= 0.3 is 6.03 Å². The highest BCUT2D eigenvalue weighted by Crippen LogP contribution is 2.17. The van der Waals surface area contributed by atoms with Crippen LogP contribution in [0.15, 0.2) is 18.2 Å². The number of urea groups is 1. The molecule has 5 heteroatoms. The van der Waals surface area contributed by atoms with Crippen molar-refractivity contribution in [1.29, 1.82) is 0 Å². The van der Waals surface area contributed by atoms with Crippen molar-refractivity contribution in [3.63, 3.8) is 0 Å². The van der Waals surface area contributed by atoms with Crippen molar-refractivity contribution < 1.29 is 9.90 Å². The van der Waals surface area contributed by atoms with Crippen molar-refractivity contribution in [1.82, 2.24) is 5.32 Å². The van der Waals surface area contributed by atoms with E-state index in [-0.39, 0.29) is 18.7 Å². The zero-order valence-corrected chi connectivity index (χ0v) is 13.9. The highest BCUT2D eigenvalue weighted by Gasteiger charge is 2.11. The second-order valence-electron chi connectivity index (χ2n) is 4.95. The molecule has 0 saturated carbocycles. The van der Waals surface area contributed by atoms with E-state index in [1.807, 2.05) is 18.4 Å². The molecule has 0 fully saturated rings. The normalized spacial score (nSPS) is 12.0. The number of carbonyl (C=O) groups is 1. The van der Waals surface area contributed by atoms with Crippen molar-refractivity contribution in [2.75, 3.05) is 23.9 Å². The van der Waals surface area contributed by atoms with E-state index in [0.717, 1.165) is 24.3 Å². The minimum Gasteiger partial charge on any atom is -0.396 e. The topological polar surface area (TPSA) is 61.4 Å². The van der Waals surface area contributed by atoms with Gasteiger partial charge in [0.1, 0.15) is 0 Å². The minimum atomic E-state index is -0.214. The van der Waals surface area contributed by atoms with Gasteiger partial charge in [-0.25, -0.2) is 4.79 Å². The molecular weight excluding hydrogens is 284 g/mol. The molecule has 0 aromatic heterocycles. The molecule has 4 nitrogen and oxygen atoms in total. The fourth-order valence-electron chi connectivity index (χ4n) is 2.28. The SMILES string of the molecule is CCc1ccc(NC(=O)NC(CCO)CSC)cc1CC. The summed E-state index contributed by atoms with van der Waals surface area (Å²) in [5.74, 6) is 0.795. The average molecular weight is 310 g/mol. The van der Waals surface area contributed by atoms with E-state index < -0.39 is 0 Å². The molecule has 1 atom stereocenters. The Labute approximate surface area is 131 Å². The van der Waals surface area contributed by atoms with Gasteiger partial charge in [-0.15, -0.1) is 0 Å². The molecule has 2 amide bonds. The fourth-order valence-corrected chi connectivity index (χ4v) is 2.94. The Morgan fingerprint density at radius 3 is 2.57 bits per heavy atom. The van der Waals surface area contributed by atoms with Crippen LogP contribution >= 0.6 is 11.8 Å². The lowest BCUT2D eigenvalue weighted by Gasteiger charge is -2.17. The van der Waals surface area contributed by atoms with E-state index >= 15 is 0 Å². The first kappa shape index (κ1) is 17.9. The van der Waals surface area contributed by atoms with Crippen LogP contribution in [0.1, 0.15) is 31.4 Å². The summed E-state index contributed by atoms with van der Waals surface area (Å²) in [6, 6.07) is 5.82. The van der Waals surface area contributed by atoms with Crippen molar-refractivity contribution >= 4 is 23.5 Å². The first-order chi connectivity index (χ1) is 10.1. The summed E-state index contributed by atoms with van der Waals surface area (Å²) in [6.45, 7) is 4.33. The summed E-state index contributed by atoms with van der Waals surface area (Å²) in [5, 5.41) is 14.8. The molecule has 0 saturated heterocycles. The lowest BCUT2D eigenvalue weighted by Crippen LogP contribution is -2.40. The second-order valence-corrected chi connectivity index (χ2v) is 5.86. The number of aryl methyl sites for hydroxylation is 2. The van der Waals surface area contributed by atoms with Gasteiger partial charge in [0.2, 0.25) is 0 Å². The van der Waals surface area contributed by atoms with Gasteiger partial charge in [-0.2, -0.15) is 11.8 Å². The van der Waals surface area contributed by atoms with Crippen LogP contribution in [0.2, 0.25) is 0 Å². The maximum Gasteiger partial charge on any atom is 0.319 e. The molecule has 0 spiro atoms. The van der Waals surface area contributed by atoms with Gasteiger partial charge in [0.25, 0.3) is 0 Å². The second kappa shape index (κ2) is 9.68. The van der Waals surface area contributed by atoms with Crippen molar-refractivity contribution in [2.45, 2.75) is 39.2 Å². The van der Waals surface area contributed by atoms with Crippen LogP contribution in [0.25, 0.3) is 0 Å². The van der Waals surface area contributed by atoms with E-state index in [4.69, 9.17) is 5.11 Å². The number of hydrogen-bond acceptors (Lipinski definition) is 3. The molecule has 0 heterocycles. The Morgan fingerprint density at radius 2 is 2.00 bits per heavy atom. The maximum atomic E-state index is 12.0. The van der Waals surface area contributed by atoms with Gasteiger partial charge in [0.15, 0.2) is 0 Å². The summed E-state index contributed by atoms with van der Waals surface area (Å²) < 4.78 is 0. The number of amides is 2. The maximum absolute atomic E-state index is 12.0. The standard InChI is InChI=1S/C16H26N2O2S/c1-4-12-6-7-14(10-13(12)5-2)17-16(20)18-15(8-9-19)11-21-3/h6-7,10,15,19H,4-5,8-9,11H2,1-3H3,(H2,17,18,20). The molecule has 0 radical (unpaired) electrons. The van der Waals surface area contributed by atoms with E-state index in [1.54, 1.807) is 11.8 Å². The van der Waals surface area contributed by atoms with E-state index in [1.165, 1.54) is 11.1 Å². The van der Waals surface area contributed by atoms with E-state index in [2.05, 4.69) is 30.5 Å². The smallest absolute Gasteiger partial charge is 0.319 e. The fraction of sp³-hybridized carbons (Fsp3) is 0.562. The third kappa shape index (κ3) is 5.98. The summed E-state index contributed by atoms with van der Waals surface area (Å²) in [6.07, 6.45) is 4.52. The van der Waals surface area contributed by atoms with E-state index in [0.29, 0.717) is 6.42 Å². The zero-order chi connectivity index (χ0) is 15.7. The first-order valence-corrected chi connectivity index (χ1v) is 8.83. The molecule has 118 valence electrons. The van der Waals surface area contributed by atoms with Gasteiger partial charge in [-0.05, 0) is 48.8 Å². The van der Waals surface area contributed by atoms with Gasteiger partial charge in [-0.1, -0.05) is 19.9 Å². The van der Waals surface area contributed by atoms with Crippen molar-refractivity contribution in [3.8, 4) is 0 Å². The average Bonchev–Trinajstić information content (AvgIpc) is 2.47. The number of thioether (sulfide) groups is 1. The monoisotopic (exact) mass is 310 g/mol. The Kier molecular flexibility index (Phi) is 8.23. The minimum absolute atomic E-state index is 0.00874. The summed E-state index contributed by atoms with van der Waals surface area (Å²) in [5.41, 5.74) is 3.41. The van der Waals surface area contributed by atoms with Crippen LogP contribution < -0.4 is 10.6 Å². The van der Waals surface area contributed by atoms with Gasteiger partial charge in [0, 0.05) is 24.1 Å². The molecule has 1 aromatic carbocycles. The summed E-state index contributed by atoms with van der Waals surface area (Å²) in [7, 11) is 0. The number of rotatable bonds is 8. The number of nitrogens with one attached hydrogen (secondary N) is 2. The molecule has 1 unspecified atom stereocenters. The highest BCUT2D eigenvalue weighted by molar-refractivity contribution is 7.98. The van der Waals surface area contributed by atoms with Crippen LogP contribution in [0.5, 0.6) is 0 Å². The van der Waals surface area contributed by atoms with Crippen molar-refractivity contribution in [3.05, 3.63) is 29.3 Å². The number of carbonyl (C=O) groups excluding carboxylic acids is 1. The molecule has 1 rings (SSSR count). The van der Waals surface area contributed by atoms with Gasteiger partial charge in [0.05, 0.1) is 0 Å². The quantitative estimate of drug-likeness (QED) is 0.691. The molecule has 0 aliphatic carbocycles. The lowest BCUT2D eigenvalue weighted by molar-refractivity contribution is 0.241. The molecular formula is C16H26N2O2S. The first-order valence-electron chi connectivity index (χ1n) is 7.43. The number of aliphatic hydroxyl groups is 1. The Morgan fingerprint density at radius 1 is 1.29 bits per heavy atom. The number of anilines is 1. The predicted octanol–water partition coefficient (Wildman–Crippen LogP) is 3.05. The number of aliphatic hydroxyl groups excluding tert-OH is 1. The molecule has 1 aromatic rings. The van der Waals surface area contributed by atoms with Crippen LogP contribution in [0.4, 0.5) is 10.5 Å². The molecule has 21 heavy (non-hydrogen) atoms. The van der Waals surface area contributed by atoms with Gasteiger partial charge < -0.3 is 15.7 Å². The third-order valence-corrected chi connectivity index (χ3v) is 4.14. The van der Waals surface area contributed by atoms with Crippen LogP contribution in [0.3, 0.4) is 0 Å². The van der Waals surface area contributed by atoms with Crippen LogP contribution in [0, 0.1) is 0 Å². The predicted molar refractivity (Wildman–Crippen MR) is 91.2 cm³/mol.